The van der Waals surface area contributed by atoms with Crippen LogP contribution in [0.5, 0.6) is 0 Å². The van der Waals surface area contributed by atoms with Gasteiger partial charge in [-0.05, 0) is 0 Å². The molecule has 0 aliphatic carbocycles. The van der Waals surface area contributed by atoms with E-state index < -0.39 is 6.29 Å². The predicted octanol–water partition coefficient (Wildman–Crippen LogP) is 1.35. The minimum Gasteiger partial charge on any atom is -0.288 e. The van der Waals surface area contributed by atoms with Crippen LogP contribution < -0.4 is 0 Å². The molecule has 0 amide bonds. The summed E-state index contributed by atoms with van der Waals surface area (Å²) in [5.74, 6) is -0.376. The molecule has 0 aromatic heterocycles. The zero-order valence-electron chi connectivity index (χ0n) is 8.51. The first-order valence-corrected chi connectivity index (χ1v) is 4.27. The van der Waals surface area contributed by atoms with Crippen molar-refractivity contribution in [1.29, 1.82) is 0 Å². The van der Waals surface area contributed by atoms with Crippen molar-refractivity contribution in [3.8, 4) is 0 Å². The van der Waals surface area contributed by atoms with Crippen LogP contribution in [0, 0.1) is 0 Å². The van der Waals surface area contributed by atoms with Crippen molar-refractivity contribution in [2.45, 2.75) is 6.29 Å². The summed E-state index contributed by atoms with van der Waals surface area (Å²) in [5.41, 5.74) is 0.455. The van der Waals surface area contributed by atoms with Crippen molar-refractivity contribution < 1.29 is 24.3 Å². The molecule has 0 spiro atoms. The summed E-state index contributed by atoms with van der Waals surface area (Å²) in [4.78, 5) is 29.7. The largest absolute Gasteiger partial charge is 0.288 e. The van der Waals surface area contributed by atoms with Gasteiger partial charge in [-0.25, -0.2) is 9.78 Å². The van der Waals surface area contributed by atoms with Gasteiger partial charge in [-0.2, -0.15) is 9.78 Å². The molecule has 1 aromatic rings. The molecule has 0 atom stereocenters. The minimum absolute atomic E-state index is 0.376. The van der Waals surface area contributed by atoms with E-state index in [1.165, 1.54) is 14.2 Å². The number of hydrogen-bond donors (Lipinski definition) is 0. The first-order chi connectivity index (χ1) is 7.29. The number of hydrogen-bond acceptors (Lipinski definition) is 5. The van der Waals surface area contributed by atoms with E-state index in [-0.39, 0.29) is 5.78 Å². The Morgan fingerprint density at radius 3 is 2.07 bits per heavy atom. The molecule has 0 unspecified atom stereocenters. The van der Waals surface area contributed by atoms with E-state index in [1.807, 2.05) is 0 Å². The Balaban J connectivity index is 2.71. The summed E-state index contributed by atoms with van der Waals surface area (Å²) in [5, 5.41) is 0. The van der Waals surface area contributed by atoms with Gasteiger partial charge in [0.1, 0.15) is 0 Å². The van der Waals surface area contributed by atoms with Crippen LogP contribution in [0.4, 0.5) is 0 Å². The lowest BCUT2D eigenvalue weighted by Gasteiger charge is -2.12. The summed E-state index contributed by atoms with van der Waals surface area (Å²) < 4.78 is 0. The maximum Gasteiger partial charge on any atom is 0.286 e. The molecule has 82 valence electrons. The fraction of sp³-hybridized carbons (Fsp3) is 0.300. The number of carbonyl (C=O) groups is 1. The topological polar surface area (TPSA) is 54.0 Å². The van der Waals surface area contributed by atoms with Crippen LogP contribution in [-0.2, 0) is 19.6 Å². The monoisotopic (exact) mass is 212 g/mol. The fourth-order valence-corrected chi connectivity index (χ4v) is 1.02. The maximum absolute atomic E-state index is 11.7. The Morgan fingerprint density at radius 2 is 1.60 bits per heavy atom. The number of ketones is 1. The van der Waals surface area contributed by atoms with Gasteiger partial charge < -0.3 is 0 Å². The van der Waals surface area contributed by atoms with E-state index in [1.54, 1.807) is 30.3 Å². The zero-order chi connectivity index (χ0) is 11.1. The first kappa shape index (κ1) is 11.8. The normalized spacial score (nSPS) is 10.6. The average molecular weight is 212 g/mol. The van der Waals surface area contributed by atoms with Crippen LogP contribution in [0.15, 0.2) is 30.3 Å². The number of Topliss-reactive ketones (excluding diaryl/α,β-unsaturated/α-hetero) is 1. The molecule has 0 heterocycles. The molecule has 0 N–H and O–H groups in total. The molecular weight excluding hydrogens is 200 g/mol. The predicted molar refractivity (Wildman–Crippen MR) is 50.7 cm³/mol. The van der Waals surface area contributed by atoms with Crippen molar-refractivity contribution in [2.75, 3.05) is 14.2 Å². The molecule has 0 saturated heterocycles. The Hall–Kier alpha value is -1.27. The lowest BCUT2D eigenvalue weighted by atomic mass is 10.1. The van der Waals surface area contributed by atoms with Gasteiger partial charge in [0.05, 0.1) is 14.2 Å². The highest BCUT2D eigenvalue weighted by atomic mass is 17.3. The van der Waals surface area contributed by atoms with Gasteiger partial charge >= 0.3 is 0 Å². The van der Waals surface area contributed by atoms with Crippen LogP contribution in [0.1, 0.15) is 10.4 Å². The second-order valence-corrected chi connectivity index (χ2v) is 2.59. The van der Waals surface area contributed by atoms with Gasteiger partial charge in [-0.15, -0.1) is 0 Å². The third kappa shape index (κ3) is 3.41. The third-order valence-electron chi connectivity index (χ3n) is 1.64. The summed E-state index contributed by atoms with van der Waals surface area (Å²) in [7, 11) is 2.56. The zero-order valence-corrected chi connectivity index (χ0v) is 8.51. The molecule has 1 rings (SSSR count). The molecule has 0 saturated carbocycles. The standard InChI is InChI=1S/C10H12O5/c1-12-14-10(15-13-2)9(11)8-6-4-3-5-7-8/h3-7,10H,1-2H3. The first-order valence-electron chi connectivity index (χ1n) is 4.27. The molecule has 0 aliphatic rings. The van der Waals surface area contributed by atoms with Crippen LogP contribution in [0.3, 0.4) is 0 Å². The smallest absolute Gasteiger partial charge is 0.286 e. The van der Waals surface area contributed by atoms with Gasteiger partial charge in [0, 0.05) is 5.56 Å². The summed E-state index contributed by atoms with van der Waals surface area (Å²) in [6, 6.07) is 8.58. The molecule has 0 bridgehead atoms. The fourth-order valence-electron chi connectivity index (χ4n) is 1.02. The third-order valence-corrected chi connectivity index (χ3v) is 1.64. The van der Waals surface area contributed by atoms with E-state index in [4.69, 9.17) is 0 Å². The van der Waals surface area contributed by atoms with Crippen LogP contribution in [0.2, 0.25) is 0 Å². The molecule has 5 nitrogen and oxygen atoms in total. The van der Waals surface area contributed by atoms with E-state index in [0.29, 0.717) is 5.56 Å². The van der Waals surface area contributed by atoms with Crippen molar-refractivity contribution >= 4 is 5.78 Å². The van der Waals surface area contributed by atoms with E-state index in [2.05, 4.69) is 19.6 Å². The van der Waals surface area contributed by atoms with Crippen LogP contribution in [-0.4, -0.2) is 26.3 Å². The number of benzene rings is 1. The van der Waals surface area contributed by atoms with Crippen molar-refractivity contribution in [3.05, 3.63) is 35.9 Å². The highest BCUT2D eigenvalue weighted by molar-refractivity contribution is 5.98. The Morgan fingerprint density at radius 1 is 1.07 bits per heavy atom. The summed E-state index contributed by atoms with van der Waals surface area (Å²) in [6.07, 6.45) is -1.22. The molecule has 0 radical (unpaired) electrons. The average Bonchev–Trinajstić information content (AvgIpc) is 2.29. The molecule has 0 aliphatic heterocycles. The Bertz CT molecular complexity index is 292. The lowest BCUT2D eigenvalue weighted by Crippen LogP contribution is -2.27. The Labute approximate surface area is 87.4 Å². The van der Waals surface area contributed by atoms with Crippen molar-refractivity contribution in [3.63, 3.8) is 0 Å². The second-order valence-electron chi connectivity index (χ2n) is 2.59. The summed E-state index contributed by atoms with van der Waals surface area (Å²) in [6.45, 7) is 0. The van der Waals surface area contributed by atoms with Crippen molar-refractivity contribution in [1.82, 2.24) is 0 Å². The maximum atomic E-state index is 11.7. The van der Waals surface area contributed by atoms with E-state index in [0.717, 1.165) is 0 Å². The van der Waals surface area contributed by atoms with Gasteiger partial charge in [-0.3, -0.25) is 4.79 Å². The van der Waals surface area contributed by atoms with Crippen LogP contribution in [0.25, 0.3) is 0 Å². The molecule has 5 heteroatoms. The van der Waals surface area contributed by atoms with Crippen molar-refractivity contribution in [2.24, 2.45) is 0 Å². The highest BCUT2D eigenvalue weighted by Gasteiger charge is 2.23. The number of rotatable bonds is 6. The molecule has 0 fully saturated rings. The number of carbonyl (C=O) groups excluding carboxylic acids is 1. The van der Waals surface area contributed by atoms with Gasteiger partial charge in [0.15, 0.2) is 0 Å². The lowest BCUT2D eigenvalue weighted by molar-refractivity contribution is -0.429. The summed E-state index contributed by atoms with van der Waals surface area (Å²) >= 11 is 0. The quantitative estimate of drug-likeness (QED) is 0.308. The Kier molecular flexibility index (Phi) is 4.92. The SMILES string of the molecule is COOC(OOC)C(=O)c1ccccc1. The van der Waals surface area contributed by atoms with E-state index in [9.17, 15) is 4.79 Å². The van der Waals surface area contributed by atoms with Gasteiger partial charge in [-0.1, -0.05) is 30.3 Å². The molecular formula is C10H12O5. The van der Waals surface area contributed by atoms with Gasteiger partial charge in [0.2, 0.25) is 5.78 Å². The minimum atomic E-state index is -1.22. The molecule has 15 heavy (non-hydrogen) atoms. The van der Waals surface area contributed by atoms with E-state index >= 15 is 0 Å². The molecule has 1 aromatic carbocycles. The van der Waals surface area contributed by atoms with Crippen LogP contribution >= 0.6 is 0 Å². The second kappa shape index (κ2) is 6.26. The van der Waals surface area contributed by atoms with Gasteiger partial charge in [0.25, 0.3) is 6.29 Å². The highest BCUT2D eigenvalue weighted by Crippen LogP contribution is 2.07.